The van der Waals surface area contributed by atoms with Crippen LogP contribution in [0.4, 0.5) is 0 Å². The molecule has 2 atom stereocenters. The first-order valence-electron chi connectivity index (χ1n) is 5.83. The summed E-state index contributed by atoms with van der Waals surface area (Å²) in [7, 11) is 0. The fraction of sp³-hybridized carbons (Fsp3) is 1.00. The number of hydrogen-bond donors (Lipinski definition) is 1. The molecule has 4 heteroatoms. The third-order valence-corrected chi connectivity index (χ3v) is 3.00. The summed E-state index contributed by atoms with van der Waals surface area (Å²) in [4.78, 5) is 2.49. The van der Waals surface area contributed by atoms with Gasteiger partial charge in [-0.05, 0) is 33.2 Å². The maximum Gasteiger partial charge on any atom is 0.0593 e. The number of hydrogen-bond acceptors (Lipinski definition) is 3. The van der Waals surface area contributed by atoms with Gasteiger partial charge >= 0.3 is 0 Å². The quantitative estimate of drug-likeness (QED) is 0.738. The summed E-state index contributed by atoms with van der Waals surface area (Å²) in [6.07, 6.45) is 3.90. The van der Waals surface area contributed by atoms with E-state index in [2.05, 4.69) is 11.8 Å². The van der Waals surface area contributed by atoms with E-state index in [1.165, 1.54) is 25.8 Å². The molecule has 92 valence electrons. The van der Waals surface area contributed by atoms with Crippen molar-refractivity contribution in [2.75, 3.05) is 26.3 Å². The van der Waals surface area contributed by atoms with Gasteiger partial charge in [-0.3, -0.25) is 4.90 Å². The molecule has 1 saturated heterocycles. The van der Waals surface area contributed by atoms with Gasteiger partial charge in [0.25, 0.3) is 0 Å². The van der Waals surface area contributed by atoms with Crippen LogP contribution in [0.3, 0.4) is 0 Å². The lowest BCUT2D eigenvalue weighted by Gasteiger charge is -2.37. The fourth-order valence-electron chi connectivity index (χ4n) is 2.22. The van der Waals surface area contributed by atoms with Crippen molar-refractivity contribution in [3.8, 4) is 0 Å². The van der Waals surface area contributed by atoms with Crippen LogP contribution in [-0.2, 0) is 4.74 Å². The van der Waals surface area contributed by atoms with E-state index in [4.69, 9.17) is 10.5 Å². The number of halogens is 1. The standard InChI is InChI=1S/C11H24N2O.ClH/c1-3-14-9-8-13-7-5-4-6-11(13)10(2)12;/h10-11H,3-9,12H2,1-2H3;1H. The van der Waals surface area contributed by atoms with E-state index >= 15 is 0 Å². The van der Waals surface area contributed by atoms with Crippen molar-refractivity contribution in [3.63, 3.8) is 0 Å². The molecular weight excluding hydrogens is 212 g/mol. The van der Waals surface area contributed by atoms with Crippen LogP contribution >= 0.6 is 12.4 Å². The molecule has 1 heterocycles. The van der Waals surface area contributed by atoms with Crippen LogP contribution in [-0.4, -0.2) is 43.3 Å². The molecule has 3 nitrogen and oxygen atoms in total. The largest absolute Gasteiger partial charge is 0.380 e. The Hall–Kier alpha value is 0.170. The van der Waals surface area contributed by atoms with Gasteiger partial charge in [-0.2, -0.15) is 0 Å². The Labute approximate surface area is 99.7 Å². The van der Waals surface area contributed by atoms with Gasteiger partial charge in [-0.1, -0.05) is 6.42 Å². The molecular formula is C11H25ClN2O. The lowest BCUT2D eigenvalue weighted by molar-refractivity contribution is 0.0704. The molecule has 1 rings (SSSR count). The molecule has 1 fully saturated rings. The molecule has 0 aromatic rings. The lowest BCUT2D eigenvalue weighted by Crippen LogP contribution is -2.50. The Morgan fingerprint density at radius 2 is 2.20 bits per heavy atom. The number of ether oxygens (including phenoxy) is 1. The van der Waals surface area contributed by atoms with E-state index in [1.54, 1.807) is 0 Å². The molecule has 0 amide bonds. The summed E-state index contributed by atoms with van der Waals surface area (Å²) >= 11 is 0. The van der Waals surface area contributed by atoms with Crippen molar-refractivity contribution in [2.24, 2.45) is 5.73 Å². The van der Waals surface area contributed by atoms with E-state index in [9.17, 15) is 0 Å². The molecule has 0 aromatic heterocycles. The summed E-state index contributed by atoms with van der Waals surface area (Å²) in [5.41, 5.74) is 5.98. The van der Waals surface area contributed by atoms with Gasteiger partial charge in [0.15, 0.2) is 0 Å². The van der Waals surface area contributed by atoms with Gasteiger partial charge in [0.1, 0.15) is 0 Å². The van der Waals surface area contributed by atoms with Gasteiger partial charge in [0.2, 0.25) is 0 Å². The summed E-state index contributed by atoms with van der Waals surface area (Å²) in [6.45, 7) is 8.05. The zero-order valence-corrected chi connectivity index (χ0v) is 10.8. The van der Waals surface area contributed by atoms with Crippen LogP contribution < -0.4 is 5.73 Å². The summed E-state index contributed by atoms with van der Waals surface area (Å²) in [6, 6.07) is 0.862. The minimum absolute atomic E-state index is 0. The van der Waals surface area contributed by atoms with Crippen molar-refractivity contribution in [3.05, 3.63) is 0 Å². The van der Waals surface area contributed by atoms with E-state index in [1.807, 2.05) is 6.92 Å². The van der Waals surface area contributed by atoms with E-state index < -0.39 is 0 Å². The number of nitrogens with zero attached hydrogens (tertiary/aromatic N) is 1. The van der Waals surface area contributed by atoms with Crippen LogP contribution in [0.1, 0.15) is 33.1 Å². The van der Waals surface area contributed by atoms with Gasteiger partial charge in [-0.15, -0.1) is 12.4 Å². The number of nitrogens with two attached hydrogens (primary N) is 1. The van der Waals surface area contributed by atoms with Gasteiger partial charge in [-0.25, -0.2) is 0 Å². The minimum Gasteiger partial charge on any atom is -0.380 e. The third kappa shape index (κ3) is 5.16. The molecule has 2 N–H and O–H groups in total. The Morgan fingerprint density at radius 3 is 2.80 bits per heavy atom. The number of piperidine rings is 1. The summed E-state index contributed by atoms with van der Waals surface area (Å²) < 4.78 is 5.38. The first-order valence-corrected chi connectivity index (χ1v) is 5.83. The minimum atomic E-state index is 0. The summed E-state index contributed by atoms with van der Waals surface area (Å²) in [5, 5.41) is 0. The van der Waals surface area contributed by atoms with Crippen molar-refractivity contribution in [1.29, 1.82) is 0 Å². The van der Waals surface area contributed by atoms with Crippen LogP contribution in [0, 0.1) is 0 Å². The second-order valence-corrected chi connectivity index (χ2v) is 4.16. The van der Waals surface area contributed by atoms with Crippen molar-refractivity contribution in [2.45, 2.75) is 45.2 Å². The topological polar surface area (TPSA) is 38.5 Å². The second-order valence-electron chi connectivity index (χ2n) is 4.16. The molecule has 0 bridgehead atoms. The van der Waals surface area contributed by atoms with E-state index in [-0.39, 0.29) is 18.4 Å². The number of likely N-dealkylation sites (tertiary alicyclic amines) is 1. The molecule has 0 radical (unpaired) electrons. The zero-order chi connectivity index (χ0) is 10.4. The maximum absolute atomic E-state index is 5.98. The number of rotatable bonds is 5. The Bertz CT molecular complexity index is 156. The predicted octanol–water partition coefficient (Wildman–Crippen LogP) is 1.65. The predicted molar refractivity (Wildman–Crippen MR) is 66.6 cm³/mol. The van der Waals surface area contributed by atoms with Crippen molar-refractivity contribution >= 4 is 12.4 Å². The van der Waals surface area contributed by atoms with Crippen LogP contribution in [0.25, 0.3) is 0 Å². The van der Waals surface area contributed by atoms with Crippen molar-refractivity contribution in [1.82, 2.24) is 4.90 Å². The molecule has 0 spiro atoms. The van der Waals surface area contributed by atoms with Gasteiger partial charge in [0.05, 0.1) is 6.61 Å². The lowest BCUT2D eigenvalue weighted by atomic mass is 9.97. The fourth-order valence-corrected chi connectivity index (χ4v) is 2.22. The molecule has 0 aliphatic carbocycles. The average molecular weight is 237 g/mol. The van der Waals surface area contributed by atoms with Gasteiger partial charge < -0.3 is 10.5 Å². The Balaban J connectivity index is 0.00000196. The molecule has 1 aliphatic heterocycles. The summed E-state index contributed by atoms with van der Waals surface area (Å²) in [5.74, 6) is 0. The van der Waals surface area contributed by atoms with E-state index in [0.717, 1.165) is 19.8 Å². The normalized spacial score (nSPS) is 24.6. The highest BCUT2D eigenvalue weighted by Gasteiger charge is 2.24. The third-order valence-electron chi connectivity index (χ3n) is 3.00. The van der Waals surface area contributed by atoms with Crippen LogP contribution in [0.15, 0.2) is 0 Å². The molecule has 2 unspecified atom stereocenters. The molecule has 0 saturated carbocycles. The Kier molecular flexibility index (Phi) is 8.43. The first-order chi connectivity index (χ1) is 6.75. The molecule has 1 aliphatic rings. The SMILES string of the molecule is CCOCCN1CCCCC1C(C)N.Cl. The van der Waals surface area contributed by atoms with Crippen molar-refractivity contribution < 1.29 is 4.74 Å². The Morgan fingerprint density at radius 1 is 1.47 bits per heavy atom. The highest BCUT2D eigenvalue weighted by molar-refractivity contribution is 5.85. The monoisotopic (exact) mass is 236 g/mol. The smallest absolute Gasteiger partial charge is 0.0593 e. The second kappa shape index (κ2) is 8.34. The highest BCUT2D eigenvalue weighted by Crippen LogP contribution is 2.18. The van der Waals surface area contributed by atoms with E-state index in [0.29, 0.717) is 6.04 Å². The zero-order valence-electron chi connectivity index (χ0n) is 9.95. The maximum atomic E-state index is 5.98. The average Bonchev–Trinajstić information content (AvgIpc) is 2.19. The first kappa shape index (κ1) is 15.2. The highest BCUT2D eigenvalue weighted by atomic mass is 35.5. The molecule has 0 aromatic carbocycles. The molecule has 15 heavy (non-hydrogen) atoms. The van der Waals surface area contributed by atoms with Gasteiger partial charge in [0, 0.05) is 25.2 Å². The van der Waals surface area contributed by atoms with Crippen LogP contribution in [0.5, 0.6) is 0 Å². The van der Waals surface area contributed by atoms with Crippen LogP contribution in [0.2, 0.25) is 0 Å².